The molecule has 24 heavy (non-hydrogen) atoms. The van der Waals surface area contributed by atoms with E-state index in [1.165, 1.54) is 11.1 Å². The van der Waals surface area contributed by atoms with Gasteiger partial charge in [-0.1, -0.05) is 35.9 Å². The van der Waals surface area contributed by atoms with Crippen LogP contribution in [0, 0.1) is 19.8 Å². The van der Waals surface area contributed by atoms with Gasteiger partial charge in [0.2, 0.25) is 0 Å². The molecule has 3 rings (SSSR count). The number of hydrogen-bond acceptors (Lipinski definition) is 3. The fraction of sp³-hybridized carbons (Fsp3) is 0.400. The zero-order valence-corrected chi connectivity index (χ0v) is 14.3. The van der Waals surface area contributed by atoms with Crippen molar-refractivity contribution >= 4 is 5.97 Å². The minimum absolute atomic E-state index is 0.00773. The van der Waals surface area contributed by atoms with Gasteiger partial charge >= 0.3 is 5.97 Å². The van der Waals surface area contributed by atoms with Gasteiger partial charge < -0.3 is 5.11 Å². The third kappa shape index (κ3) is 3.65. The Bertz CT molecular complexity index is 649. The van der Waals surface area contributed by atoms with Crippen molar-refractivity contribution in [1.82, 2.24) is 9.88 Å². The van der Waals surface area contributed by atoms with E-state index < -0.39 is 5.97 Å². The Morgan fingerprint density at radius 1 is 1.17 bits per heavy atom. The van der Waals surface area contributed by atoms with E-state index in [1.807, 2.05) is 13.1 Å². The molecular formula is C20H24N2O2. The van der Waals surface area contributed by atoms with E-state index in [2.05, 4.69) is 53.2 Å². The number of carboxylic acids is 1. The van der Waals surface area contributed by atoms with Gasteiger partial charge in [-0.05, 0) is 50.4 Å². The number of hydrogen-bond donors (Lipinski definition) is 1. The van der Waals surface area contributed by atoms with Gasteiger partial charge in [-0.25, -0.2) is 0 Å². The van der Waals surface area contributed by atoms with Crippen LogP contribution < -0.4 is 0 Å². The number of carbonyl (C=O) groups is 1. The third-order valence-corrected chi connectivity index (χ3v) is 4.77. The number of aliphatic carboxylic acids is 1. The summed E-state index contributed by atoms with van der Waals surface area (Å²) in [7, 11) is 0. The predicted octanol–water partition coefficient (Wildman–Crippen LogP) is 3.58. The zero-order chi connectivity index (χ0) is 17.1. The first-order valence-corrected chi connectivity index (χ1v) is 8.50. The highest BCUT2D eigenvalue weighted by Gasteiger charge is 2.31. The molecule has 4 nitrogen and oxygen atoms in total. The second kappa shape index (κ2) is 7.14. The van der Waals surface area contributed by atoms with Crippen LogP contribution in [0.3, 0.4) is 0 Å². The van der Waals surface area contributed by atoms with Gasteiger partial charge in [-0.15, -0.1) is 0 Å². The summed E-state index contributed by atoms with van der Waals surface area (Å²) in [6.07, 6.45) is 3.55. The predicted molar refractivity (Wildman–Crippen MR) is 93.9 cm³/mol. The molecule has 0 spiro atoms. The number of aromatic nitrogens is 1. The van der Waals surface area contributed by atoms with E-state index in [0.717, 1.165) is 30.6 Å². The molecule has 126 valence electrons. The maximum atomic E-state index is 11.4. The standard InChI is InChI=1S/C20H24N2O2/c1-14-5-8-16(9-6-14)19(18-10-7-15(2)12-21-18)22-11-3-4-17(13-22)20(23)24/h5-10,12,17,19H,3-4,11,13H2,1-2H3,(H,23,24). The maximum Gasteiger partial charge on any atom is 0.307 e. The highest BCUT2D eigenvalue weighted by molar-refractivity contribution is 5.70. The third-order valence-electron chi connectivity index (χ3n) is 4.77. The first kappa shape index (κ1) is 16.7. The molecule has 2 heterocycles. The summed E-state index contributed by atoms with van der Waals surface area (Å²) in [4.78, 5) is 18.3. The molecule has 0 bridgehead atoms. The molecule has 1 saturated heterocycles. The molecule has 0 amide bonds. The minimum Gasteiger partial charge on any atom is -0.481 e. The number of nitrogens with zero attached hydrogens (tertiary/aromatic N) is 2. The normalized spacial score (nSPS) is 19.8. The number of piperidine rings is 1. The van der Waals surface area contributed by atoms with Gasteiger partial charge in [0.25, 0.3) is 0 Å². The van der Waals surface area contributed by atoms with E-state index in [4.69, 9.17) is 0 Å². The topological polar surface area (TPSA) is 53.4 Å². The summed E-state index contributed by atoms with van der Waals surface area (Å²) in [5, 5.41) is 9.41. The first-order chi connectivity index (χ1) is 11.5. The number of benzene rings is 1. The van der Waals surface area contributed by atoms with Crippen LogP contribution in [-0.4, -0.2) is 34.0 Å². The van der Waals surface area contributed by atoms with Gasteiger partial charge in [-0.3, -0.25) is 14.7 Å². The van der Waals surface area contributed by atoms with E-state index >= 15 is 0 Å². The molecule has 1 aromatic heterocycles. The van der Waals surface area contributed by atoms with Crippen molar-refractivity contribution in [3.8, 4) is 0 Å². The number of pyridine rings is 1. The van der Waals surface area contributed by atoms with E-state index in [0.29, 0.717) is 6.54 Å². The molecule has 0 aliphatic carbocycles. The molecule has 1 aromatic carbocycles. The fourth-order valence-corrected chi connectivity index (χ4v) is 3.40. The number of carboxylic acid groups (broad SMARTS) is 1. The Morgan fingerprint density at radius 3 is 2.50 bits per heavy atom. The molecule has 1 N–H and O–H groups in total. The molecule has 2 unspecified atom stereocenters. The Kier molecular flexibility index (Phi) is 4.95. The Balaban J connectivity index is 1.96. The van der Waals surface area contributed by atoms with E-state index in [-0.39, 0.29) is 12.0 Å². The monoisotopic (exact) mass is 324 g/mol. The lowest BCUT2D eigenvalue weighted by Gasteiger charge is -2.37. The smallest absolute Gasteiger partial charge is 0.307 e. The SMILES string of the molecule is Cc1ccc(C(c2ccc(C)cn2)N2CCCC(C(=O)O)C2)cc1. The molecule has 0 saturated carbocycles. The summed E-state index contributed by atoms with van der Waals surface area (Å²) in [6, 6.07) is 12.6. The largest absolute Gasteiger partial charge is 0.481 e. The van der Waals surface area contributed by atoms with Crippen LogP contribution in [0.2, 0.25) is 0 Å². The Hall–Kier alpha value is -2.20. The van der Waals surface area contributed by atoms with Crippen LogP contribution in [0.15, 0.2) is 42.6 Å². The second-order valence-corrected chi connectivity index (χ2v) is 6.75. The zero-order valence-electron chi connectivity index (χ0n) is 14.3. The molecule has 1 aliphatic rings. The Morgan fingerprint density at radius 2 is 1.88 bits per heavy atom. The van der Waals surface area contributed by atoms with Gasteiger partial charge in [0.05, 0.1) is 17.7 Å². The molecule has 2 atom stereocenters. The average molecular weight is 324 g/mol. The van der Waals surface area contributed by atoms with Crippen molar-refractivity contribution < 1.29 is 9.90 Å². The second-order valence-electron chi connectivity index (χ2n) is 6.75. The summed E-state index contributed by atoms with van der Waals surface area (Å²) in [6.45, 7) is 5.57. The maximum absolute atomic E-state index is 11.4. The van der Waals surface area contributed by atoms with Gasteiger partial charge in [-0.2, -0.15) is 0 Å². The van der Waals surface area contributed by atoms with E-state index in [9.17, 15) is 9.90 Å². The highest BCUT2D eigenvalue weighted by Crippen LogP contribution is 2.32. The van der Waals surface area contributed by atoms with Gasteiger partial charge in [0.15, 0.2) is 0 Å². The average Bonchev–Trinajstić information content (AvgIpc) is 2.59. The number of likely N-dealkylation sites (tertiary alicyclic amines) is 1. The number of aryl methyl sites for hydroxylation is 2. The van der Waals surface area contributed by atoms with Crippen LogP contribution in [0.25, 0.3) is 0 Å². The lowest BCUT2D eigenvalue weighted by molar-refractivity contribution is -0.143. The molecule has 1 aliphatic heterocycles. The van der Waals surface area contributed by atoms with Crippen molar-refractivity contribution in [2.45, 2.75) is 32.7 Å². The van der Waals surface area contributed by atoms with Crippen molar-refractivity contribution in [2.24, 2.45) is 5.92 Å². The molecule has 0 radical (unpaired) electrons. The van der Waals surface area contributed by atoms with Gasteiger partial charge in [0, 0.05) is 12.7 Å². The lowest BCUT2D eigenvalue weighted by atomic mass is 9.93. The van der Waals surface area contributed by atoms with E-state index in [1.54, 1.807) is 0 Å². The highest BCUT2D eigenvalue weighted by atomic mass is 16.4. The lowest BCUT2D eigenvalue weighted by Crippen LogP contribution is -2.41. The molecule has 2 aromatic rings. The summed E-state index contributed by atoms with van der Waals surface area (Å²) in [5.74, 6) is -0.989. The quantitative estimate of drug-likeness (QED) is 0.934. The van der Waals surface area contributed by atoms with Gasteiger partial charge in [0.1, 0.15) is 0 Å². The van der Waals surface area contributed by atoms with Crippen LogP contribution in [0.5, 0.6) is 0 Å². The van der Waals surface area contributed by atoms with Crippen LogP contribution in [0.4, 0.5) is 0 Å². The van der Waals surface area contributed by atoms with Crippen molar-refractivity contribution in [3.05, 3.63) is 65.0 Å². The minimum atomic E-state index is -0.695. The number of rotatable bonds is 4. The first-order valence-electron chi connectivity index (χ1n) is 8.50. The molecular weight excluding hydrogens is 300 g/mol. The summed E-state index contributed by atoms with van der Waals surface area (Å²) in [5.41, 5.74) is 4.50. The summed E-state index contributed by atoms with van der Waals surface area (Å²) >= 11 is 0. The van der Waals surface area contributed by atoms with Crippen LogP contribution >= 0.6 is 0 Å². The van der Waals surface area contributed by atoms with Crippen LogP contribution in [0.1, 0.15) is 41.3 Å². The molecule has 1 fully saturated rings. The van der Waals surface area contributed by atoms with Crippen molar-refractivity contribution in [1.29, 1.82) is 0 Å². The van der Waals surface area contributed by atoms with Crippen molar-refractivity contribution in [3.63, 3.8) is 0 Å². The molecule has 4 heteroatoms. The fourth-order valence-electron chi connectivity index (χ4n) is 3.40. The summed E-state index contributed by atoms with van der Waals surface area (Å²) < 4.78 is 0. The Labute approximate surface area is 143 Å². The van der Waals surface area contributed by atoms with Crippen LogP contribution in [-0.2, 0) is 4.79 Å². The van der Waals surface area contributed by atoms with Crippen molar-refractivity contribution in [2.75, 3.05) is 13.1 Å².